The molecule has 1 N–H and O–H groups in total. The molecule has 1 aliphatic rings. The topological polar surface area (TPSA) is 45.0 Å². The lowest BCUT2D eigenvalue weighted by Crippen LogP contribution is -2.45. The standard InChI is InChI=1S/C16H30N2O/c1-19-14-13-18-16(15-17)11-9-7-5-3-2-4-6-8-10-12-16/h18H,2-14H2,1H3. The van der Waals surface area contributed by atoms with Crippen LogP contribution in [0.4, 0.5) is 0 Å². The van der Waals surface area contributed by atoms with Crippen molar-refractivity contribution in [2.75, 3.05) is 20.3 Å². The first-order chi connectivity index (χ1) is 9.33. The average molecular weight is 266 g/mol. The molecule has 0 amide bonds. The molecule has 0 atom stereocenters. The van der Waals surface area contributed by atoms with Crippen molar-refractivity contribution in [1.82, 2.24) is 5.32 Å². The molecule has 1 fully saturated rings. The summed E-state index contributed by atoms with van der Waals surface area (Å²) in [4.78, 5) is 0. The first-order valence-electron chi connectivity index (χ1n) is 7.98. The van der Waals surface area contributed by atoms with Crippen LogP contribution in [-0.4, -0.2) is 25.8 Å². The first kappa shape index (κ1) is 16.5. The minimum atomic E-state index is -0.308. The summed E-state index contributed by atoms with van der Waals surface area (Å²) in [6.45, 7) is 1.47. The van der Waals surface area contributed by atoms with Crippen LogP contribution in [0.25, 0.3) is 0 Å². The summed E-state index contributed by atoms with van der Waals surface area (Å²) < 4.78 is 5.09. The largest absolute Gasteiger partial charge is 0.383 e. The number of methoxy groups -OCH3 is 1. The SMILES string of the molecule is COCCNC1(C#N)CCCCCCCCCCC1. The molecule has 0 spiro atoms. The highest BCUT2D eigenvalue weighted by Gasteiger charge is 2.28. The summed E-state index contributed by atoms with van der Waals surface area (Å²) in [6, 6.07) is 2.56. The molecule has 0 aliphatic heterocycles. The van der Waals surface area contributed by atoms with Gasteiger partial charge in [-0.1, -0.05) is 57.8 Å². The first-order valence-corrected chi connectivity index (χ1v) is 7.98. The molecule has 110 valence electrons. The van der Waals surface area contributed by atoms with Crippen molar-refractivity contribution < 1.29 is 4.74 Å². The third kappa shape index (κ3) is 6.94. The maximum absolute atomic E-state index is 9.59. The number of ether oxygens (including phenoxy) is 1. The Morgan fingerprint density at radius 3 is 1.84 bits per heavy atom. The van der Waals surface area contributed by atoms with Gasteiger partial charge in [-0.25, -0.2) is 0 Å². The quantitative estimate of drug-likeness (QED) is 0.787. The normalized spacial score (nSPS) is 21.9. The Hall–Kier alpha value is -0.590. The van der Waals surface area contributed by atoms with Crippen molar-refractivity contribution in [3.8, 4) is 6.07 Å². The van der Waals surface area contributed by atoms with Crippen molar-refractivity contribution in [1.29, 1.82) is 5.26 Å². The van der Waals surface area contributed by atoms with Gasteiger partial charge in [0.25, 0.3) is 0 Å². The second kappa shape index (κ2) is 10.2. The van der Waals surface area contributed by atoms with E-state index in [1.54, 1.807) is 7.11 Å². The van der Waals surface area contributed by atoms with E-state index in [1.165, 1.54) is 57.8 Å². The van der Waals surface area contributed by atoms with Crippen LogP contribution < -0.4 is 5.32 Å². The number of hydrogen-bond acceptors (Lipinski definition) is 3. The van der Waals surface area contributed by atoms with Crippen LogP contribution in [0, 0.1) is 11.3 Å². The third-order valence-electron chi connectivity index (χ3n) is 4.19. The second-order valence-corrected chi connectivity index (χ2v) is 5.80. The second-order valence-electron chi connectivity index (χ2n) is 5.80. The van der Waals surface area contributed by atoms with E-state index in [0.717, 1.165) is 19.4 Å². The molecule has 0 radical (unpaired) electrons. The Labute approximate surface area is 118 Å². The monoisotopic (exact) mass is 266 g/mol. The summed E-state index contributed by atoms with van der Waals surface area (Å²) in [6.07, 6.45) is 13.7. The molecule has 0 saturated heterocycles. The van der Waals surface area contributed by atoms with Crippen LogP contribution in [0.2, 0.25) is 0 Å². The van der Waals surface area contributed by atoms with Gasteiger partial charge in [-0.3, -0.25) is 5.32 Å². The van der Waals surface area contributed by atoms with Crippen LogP contribution >= 0.6 is 0 Å². The number of nitriles is 1. The van der Waals surface area contributed by atoms with Crippen molar-refractivity contribution in [3.63, 3.8) is 0 Å². The highest BCUT2D eigenvalue weighted by Crippen LogP contribution is 2.24. The lowest BCUT2D eigenvalue weighted by Gasteiger charge is -2.28. The van der Waals surface area contributed by atoms with Gasteiger partial charge in [-0.05, 0) is 12.8 Å². The highest BCUT2D eigenvalue weighted by atomic mass is 16.5. The Morgan fingerprint density at radius 2 is 1.42 bits per heavy atom. The molecule has 19 heavy (non-hydrogen) atoms. The Balaban J connectivity index is 2.48. The van der Waals surface area contributed by atoms with Crippen LogP contribution in [0.15, 0.2) is 0 Å². The molecule has 1 rings (SSSR count). The van der Waals surface area contributed by atoms with Crippen LogP contribution in [0.3, 0.4) is 0 Å². The van der Waals surface area contributed by atoms with Gasteiger partial charge in [-0.2, -0.15) is 5.26 Å². The van der Waals surface area contributed by atoms with E-state index in [9.17, 15) is 5.26 Å². The molecule has 1 aliphatic carbocycles. The van der Waals surface area contributed by atoms with Gasteiger partial charge in [0.05, 0.1) is 12.7 Å². The fourth-order valence-electron chi connectivity index (χ4n) is 2.94. The average Bonchev–Trinajstić information content (AvgIpc) is 2.42. The molecule has 1 saturated carbocycles. The summed E-state index contributed by atoms with van der Waals surface area (Å²) in [5.74, 6) is 0. The molecular formula is C16H30N2O. The number of nitrogens with zero attached hydrogens (tertiary/aromatic N) is 1. The molecule has 3 heteroatoms. The predicted octanol–water partition coefficient (Wildman–Crippen LogP) is 3.79. The van der Waals surface area contributed by atoms with E-state index in [0.29, 0.717) is 6.61 Å². The fraction of sp³-hybridized carbons (Fsp3) is 0.938. The van der Waals surface area contributed by atoms with E-state index in [1.807, 2.05) is 0 Å². The molecule has 0 bridgehead atoms. The predicted molar refractivity (Wildman–Crippen MR) is 79.0 cm³/mol. The highest BCUT2D eigenvalue weighted by molar-refractivity contribution is 5.06. The number of nitrogens with one attached hydrogen (secondary N) is 1. The van der Waals surface area contributed by atoms with Crippen LogP contribution in [0.1, 0.15) is 70.6 Å². The minimum absolute atomic E-state index is 0.308. The summed E-state index contributed by atoms with van der Waals surface area (Å²) in [5, 5.41) is 13.0. The molecular weight excluding hydrogens is 236 g/mol. The van der Waals surface area contributed by atoms with Gasteiger partial charge in [0.1, 0.15) is 5.54 Å². The molecule has 3 nitrogen and oxygen atoms in total. The van der Waals surface area contributed by atoms with Crippen LogP contribution in [0.5, 0.6) is 0 Å². The Bertz CT molecular complexity index is 248. The van der Waals surface area contributed by atoms with Crippen molar-refractivity contribution in [2.24, 2.45) is 0 Å². The summed E-state index contributed by atoms with van der Waals surface area (Å²) in [5.41, 5.74) is -0.308. The van der Waals surface area contributed by atoms with E-state index in [4.69, 9.17) is 4.74 Å². The maximum atomic E-state index is 9.59. The molecule has 0 unspecified atom stereocenters. The van der Waals surface area contributed by atoms with E-state index in [2.05, 4.69) is 11.4 Å². The summed E-state index contributed by atoms with van der Waals surface area (Å²) in [7, 11) is 1.71. The van der Waals surface area contributed by atoms with Crippen LogP contribution in [-0.2, 0) is 4.74 Å². The zero-order chi connectivity index (χ0) is 13.8. The Morgan fingerprint density at radius 1 is 0.947 bits per heavy atom. The molecule has 0 aromatic heterocycles. The zero-order valence-corrected chi connectivity index (χ0v) is 12.5. The van der Waals surface area contributed by atoms with Gasteiger partial charge in [0.15, 0.2) is 0 Å². The molecule has 0 aromatic rings. The van der Waals surface area contributed by atoms with Gasteiger partial charge in [0.2, 0.25) is 0 Å². The Kier molecular flexibility index (Phi) is 8.86. The maximum Gasteiger partial charge on any atom is 0.106 e. The zero-order valence-electron chi connectivity index (χ0n) is 12.5. The van der Waals surface area contributed by atoms with E-state index < -0.39 is 0 Å². The minimum Gasteiger partial charge on any atom is -0.383 e. The summed E-state index contributed by atoms with van der Waals surface area (Å²) >= 11 is 0. The van der Waals surface area contributed by atoms with Gasteiger partial charge in [-0.15, -0.1) is 0 Å². The third-order valence-corrected chi connectivity index (χ3v) is 4.19. The van der Waals surface area contributed by atoms with E-state index in [-0.39, 0.29) is 5.54 Å². The van der Waals surface area contributed by atoms with Crippen molar-refractivity contribution >= 4 is 0 Å². The lowest BCUT2D eigenvalue weighted by atomic mass is 9.86. The van der Waals surface area contributed by atoms with Gasteiger partial charge >= 0.3 is 0 Å². The fourth-order valence-corrected chi connectivity index (χ4v) is 2.94. The van der Waals surface area contributed by atoms with Gasteiger partial charge < -0.3 is 4.74 Å². The van der Waals surface area contributed by atoms with E-state index >= 15 is 0 Å². The van der Waals surface area contributed by atoms with Gasteiger partial charge in [0, 0.05) is 13.7 Å². The van der Waals surface area contributed by atoms with Crippen molar-refractivity contribution in [2.45, 2.75) is 76.2 Å². The lowest BCUT2D eigenvalue weighted by molar-refractivity contribution is 0.186. The molecule has 0 aromatic carbocycles. The van der Waals surface area contributed by atoms with Crippen molar-refractivity contribution in [3.05, 3.63) is 0 Å². The number of rotatable bonds is 4. The number of hydrogen-bond donors (Lipinski definition) is 1. The smallest absolute Gasteiger partial charge is 0.106 e. The molecule has 0 heterocycles.